The van der Waals surface area contributed by atoms with Crippen molar-refractivity contribution in [3.05, 3.63) is 30.3 Å². The van der Waals surface area contributed by atoms with Gasteiger partial charge in [-0.3, -0.25) is 4.79 Å². The molecule has 0 heterocycles. The molecule has 7 heteroatoms. The maximum atomic E-state index is 12.7. The number of carbonyl (C=O) groups is 2. The minimum absolute atomic E-state index is 0.0194. The molecule has 1 aromatic rings. The van der Waals surface area contributed by atoms with E-state index in [1.807, 2.05) is 18.2 Å². The molecule has 3 rings (SSSR count). The van der Waals surface area contributed by atoms with E-state index in [-0.39, 0.29) is 18.0 Å². The van der Waals surface area contributed by atoms with E-state index in [1.54, 1.807) is 7.11 Å². The molecular formula is C29H45N3O4. The Labute approximate surface area is 216 Å². The molecule has 0 bridgehead atoms. The normalized spacial score (nSPS) is 21.1. The van der Waals surface area contributed by atoms with Crippen LogP contribution >= 0.6 is 0 Å². The van der Waals surface area contributed by atoms with Crippen molar-refractivity contribution < 1.29 is 19.1 Å². The van der Waals surface area contributed by atoms with Gasteiger partial charge in [0.15, 0.2) is 0 Å². The Morgan fingerprint density at radius 2 is 1.81 bits per heavy atom. The van der Waals surface area contributed by atoms with Gasteiger partial charge in [0.1, 0.15) is 17.9 Å². The molecule has 2 fully saturated rings. The summed E-state index contributed by atoms with van der Waals surface area (Å²) in [6, 6.07) is 5.52. The number of anilines is 1. The number of methoxy groups -OCH3 is 1. The number of ether oxygens (including phenoxy) is 2. The zero-order valence-corrected chi connectivity index (χ0v) is 22.3. The Hall–Kier alpha value is -2.70. The first-order chi connectivity index (χ1) is 17.2. The third-order valence-electron chi connectivity index (χ3n) is 7.50. The van der Waals surface area contributed by atoms with Crippen LogP contribution in [0.5, 0.6) is 5.75 Å². The van der Waals surface area contributed by atoms with E-state index in [9.17, 15) is 9.59 Å². The van der Waals surface area contributed by atoms with Crippen LogP contribution in [0.1, 0.15) is 90.0 Å². The lowest BCUT2D eigenvalue weighted by Gasteiger charge is -2.30. The van der Waals surface area contributed by atoms with E-state index in [0.29, 0.717) is 42.2 Å². The molecule has 0 spiro atoms. The molecule has 0 saturated heterocycles. The molecule has 2 aliphatic carbocycles. The second kappa shape index (κ2) is 13.6. The van der Waals surface area contributed by atoms with Crippen LogP contribution in [0.4, 0.5) is 5.69 Å². The first-order valence-corrected chi connectivity index (χ1v) is 13.6. The number of rotatable bonds is 12. The molecule has 0 radical (unpaired) electrons. The van der Waals surface area contributed by atoms with Gasteiger partial charge in [-0.25, -0.2) is 4.79 Å². The Bertz CT molecular complexity index is 887. The lowest BCUT2D eigenvalue weighted by Crippen LogP contribution is -2.43. The summed E-state index contributed by atoms with van der Waals surface area (Å²) < 4.78 is 11.0. The van der Waals surface area contributed by atoms with Gasteiger partial charge in [0.2, 0.25) is 5.91 Å². The summed E-state index contributed by atoms with van der Waals surface area (Å²) in [5.74, 6) is 1.16. The van der Waals surface area contributed by atoms with Gasteiger partial charge in [0.25, 0.3) is 0 Å². The van der Waals surface area contributed by atoms with Gasteiger partial charge in [0.05, 0.1) is 12.8 Å². The van der Waals surface area contributed by atoms with Gasteiger partial charge in [0, 0.05) is 23.7 Å². The fraction of sp³-hybridized carbons (Fsp3) is 0.655. The summed E-state index contributed by atoms with van der Waals surface area (Å²) in [6.07, 6.45) is 10.3. The third kappa shape index (κ3) is 8.45. The van der Waals surface area contributed by atoms with Crippen LogP contribution < -0.4 is 21.1 Å². The van der Waals surface area contributed by atoms with E-state index < -0.39 is 6.04 Å². The molecule has 0 unspecified atom stereocenters. The minimum atomic E-state index is -0.545. The number of carbonyl (C=O) groups excluding carboxylic acids is 2. The van der Waals surface area contributed by atoms with E-state index in [0.717, 1.165) is 69.0 Å². The van der Waals surface area contributed by atoms with E-state index >= 15 is 0 Å². The smallest absolute Gasteiger partial charge is 0.328 e. The standard InChI is InChI=1S/C29H45N3O4/c1-19(2)17-26(29(34)36-24-7-5-6-8-24)32-28(33)16-11-21-9-13-23(14-10-21)31-20(3)22-12-15-25(30)27(18-22)35-4/h12,15,18-19,21,23-24,26,31H,3,5-11,13-14,16-17,30H2,1-2,4H3,(H,32,33)/t21?,23?,26-/m0/s1. The van der Waals surface area contributed by atoms with Crippen LogP contribution in [0.2, 0.25) is 0 Å². The molecule has 36 heavy (non-hydrogen) atoms. The number of nitrogen functional groups attached to an aromatic ring is 1. The van der Waals surface area contributed by atoms with E-state index in [4.69, 9.17) is 15.2 Å². The maximum Gasteiger partial charge on any atom is 0.328 e. The fourth-order valence-corrected chi connectivity index (χ4v) is 5.36. The van der Waals surface area contributed by atoms with Gasteiger partial charge in [-0.05, 0) is 88.2 Å². The van der Waals surface area contributed by atoms with Gasteiger partial charge < -0.3 is 25.8 Å². The van der Waals surface area contributed by atoms with Gasteiger partial charge >= 0.3 is 5.97 Å². The molecule has 0 aliphatic heterocycles. The van der Waals surface area contributed by atoms with Crippen molar-refractivity contribution >= 4 is 23.3 Å². The summed E-state index contributed by atoms with van der Waals surface area (Å²) in [4.78, 5) is 25.4. The minimum Gasteiger partial charge on any atom is -0.495 e. The Morgan fingerprint density at radius 3 is 2.44 bits per heavy atom. The van der Waals surface area contributed by atoms with Crippen LogP contribution in [-0.2, 0) is 14.3 Å². The molecule has 200 valence electrons. The van der Waals surface area contributed by atoms with Crippen molar-refractivity contribution in [1.29, 1.82) is 0 Å². The number of esters is 1. The SMILES string of the molecule is C=C(NC1CCC(CCC(=O)N[C@@H](CC(C)C)C(=O)OC2CCCC2)CC1)c1ccc(N)c(OC)c1. The lowest BCUT2D eigenvalue weighted by molar-refractivity contribution is -0.153. The van der Waals surface area contributed by atoms with Crippen LogP contribution in [-0.4, -0.2) is 37.2 Å². The van der Waals surface area contributed by atoms with Crippen molar-refractivity contribution in [2.75, 3.05) is 12.8 Å². The predicted molar refractivity (Wildman–Crippen MR) is 144 cm³/mol. The summed E-state index contributed by atoms with van der Waals surface area (Å²) in [6.45, 7) is 8.32. The van der Waals surface area contributed by atoms with E-state index in [2.05, 4.69) is 31.1 Å². The highest BCUT2D eigenvalue weighted by atomic mass is 16.5. The van der Waals surface area contributed by atoms with Crippen molar-refractivity contribution in [3.63, 3.8) is 0 Å². The van der Waals surface area contributed by atoms with Crippen LogP contribution in [0.3, 0.4) is 0 Å². The summed E-state index contributed by atoms with van der Waals surface area (Å²) in [5.41, 5.74) is 8.38. The Kier molecular flexibility index (Phi) is 10.5. The zero-order valence-electron chi connectivity index (χ0n) is 22.3. The maximum absolute atomic E-state index is 12.7. The molecule has 0 aromatic heterocycles. The monoisotopic (exact) mass is 499 g/mol. The molecule has 2 saturated carbocycles. The van der Waals surface area contributed by atoms with Crippen LogP contribution in [0.15, 0.2) is 24.8 Å². The highest BCUT2D eigenvalue weighted by Crippen LogP contribution is 2.30. The molecule has 1 amide bonds. The second-order valence-corrected chi connectivity index (χ2v) is 10.9. The Morgan fingerprint density at radius 1 is 1.11 bits per heavy atom. The number of nitrogens with two attached hydrogens (primary N) is 1. The quantitative estimate of drug-likeness (QED) is 0.270. The lowest BCUT2D eigenvalue weighted by atomic mass is 9.83. The molecule has 1 atom stereocenters. The van der Waals surface area contributed by atoms with Crippen molar-refractivity contribution in [1.82, 2.24) is 10.6 Å². The number of amides is 1. The fourth-order valence-electron chi connectivity index (χ4n) is 5.36. The van der Waals surface area contributed by atoms with Crippen molar-refractivity contribution in [2.24, 2.45) is 11.8 Å². The molecule has 4 N–H and O–H groups in total. The molecule has 2 aliphatic rings. The average Bonchev–Trinajstić information content (AvgIpc) is 3.36. The Balaban J connectivity index is 1.39. The number of hydrogen-bond donors (Lipinski definition) is 3. The first kappa shape index (κ1) is 27.9. The van der Waals surface area contributed by atoms with Crippen LogP contribution in [0, 0.1) is 11.8 Å². The molecule has 7 nitrogen and oxygen atoms in total. The molecule has 1 aromatic carbocycles. The summed E-state index contributed by atoms with van der Waals surface area (Å²) in [5, 5.41) is 6.53. The van der Waals surface area contributed by atoms with Gasteiger partial charge in [-0.15, -0.1) is 0 Å². The number of nitrogens with one attached hydrogen (secondary N) is 2. The molecular weight excluding hydrogens is 454 g/mol. The van der Waals surface area contributed by atoms with Gasteiger partial charge in [-0.2, -0.15) is 0 Å². The highest BCUT2D eigenvalue weighted by molar-refractivity contribution is 5.84. The second-order valence-electron chi connectivity index (χ2n) is 10.9. The zero-order chi connectivity index (χ0) is 26.1. The predicted octanol–water partition coefficient (Wildman–Crippen LogP) is 5.19. The average molecular weight is 500 g/mol. The number of benzene rings is 1. The first-order valence-electron chi connectivity index (χ1n) is 13.6. The summed E-state index contributed by atoms with van der Waals surface area (Å²) in [7, 11) is 1.61. The summed E-state index contributed by atoms with van der Waals surface area (Å²) >= 11 is 0. The van der Waals surface area contributed by atoms with Crippen molar-refractivity contribution in [2.45, 2.75) is 103 Å². The van der Waals surface area contributed by atoms with E-state index in [1.165, 1.54) is 0 Å². The largest absolute Gasteiger partial charge is 0.495 e. The topological polar surface area (TPSA) is 103 Å². The third-order valence-corrected chi connectivity index (χ3v) is 7.50. The highest BCUT2D eigenvalue weighted by Gasteiger charge is 2.28. The van der Waals surface area contributed by atoms with Crippen LogP contribution in [0.25, 0.3) is 5.70 Å². The number of hydrogen-bond acceptors (Lipinski definition) is 6. The van der Waals surface area contributed by atoms with Gasteiger partial charge in [-0.1, -0.05) is 26.5 Å². The van der Waals surface area contributed by atoms with Crippen molar-refractivity contribution in [3.8, 4) is 5.75 Å².